The smallest absolute Gasteiger partial charge is 0.387 e. The van der Waals surface area contributed by atoms with Crippen molar-refractivity contribution in [2.24, 2.45) is 0 Å². The van der Waals surface area contributed by atoms with Crippen LogP contribution in [-0.4, -0.2) is 12.5 Å². The predicted octanol–water partition coefficient (Wildman–Crippen LogP) is 7.69. The van der Waals surface area contributed by atoms with Gasteiger partial charge in [-0.2, -0.15) is 8.78 Å². The molecular weight excluding hydrogens is 488 g/mol. The highest BCUT2D eigenvalue weighted by molar-refractivity contribution is 6.32. The van der Waals surface area contributed by atoms with Crippen molar-refractivity contribution in [1.82, 2.24) is 0 Å². The van der Waals surface area contributed by atoms with Crippen LogP contribution in [0.25, 0.3) is 0 Å². The van der Waals surface area contributed by atoms with Gasteiger partial charge in [-0.05, 0) is 53.6 Å². The molecule has 0 radical (unpaired) electrons. The maximum atomic E-state index is 12.5. The maximum absolute atomic E-state index is 12.5. The van der Waals surface area contributed by atoms with Crippen LogP contribution in [0.1, 0.15) is 41.3 Å². The summed E-state index contributed by atoms with van der Waals surface area (Å²) in [6, 6.07) is 25.3. The third-order valence-electron chi connectivity index (χ3n) is 5.74. The van der Waals surface area contributed by atoms with Crippen molar-refractivity contribution in [2.75, 3.05) is 5.32 Å². The van der Waals surface area contributed by atoms with E-state index >= 15 is 0 Å². The van der Waals surface area contributed by atoms with Crippen molar-refractivity contribution < 1.29 is 27.5 Å². The van der Waals surface area contributed by atoms with E-state index in [0.717, 1.165) is 5.56 Å². The van der Waals surface area contributed by atoms with Crippen LogP contribution in [-0.2, 0) is 12.0 Å². The van der Waals surface area contributed by atoms with Crippen molar-refractivity contribution in [3.8, 4) is 11.5 Å². The maximum Gasteiger partial charge on any atom is 0.387 e. The summed E-state index contributed by atoms with van der Waals surface area (Å²) in [6.45, 7) is 1.49. The number of benzene rings is 3. The molecule has 3 aromatic carbocycles. The molecule has 0 bridgehead atoms. The minimum absolute atomic E-state index is 0.0557. The fraction of sp³-hybridized carbons (Fsp3) is 0.179. The van der Waals surface area contributed by atoms with E-state index in [4.69, 9.17) is 20.8 Å². The van der Waals surface area contributed by atoms with E-state index in [1.807, 2.05) is 42.5 Å². The number of anilines is 1. The number of carbonyl (C=O) groups excluding carboxylic acids is 1. The Hall–Kier alpha value is -3.84. The molecule has 8 heteroatoms. The molecule has 186 valence electrons. The second-order valence-electron chi connectivity index (χ2n) is 8.55. The number of nitrogens with one attached hydrogen (secondary N) is 1. The molecule has 1 amide bonds. The van der Waals surface area contributed by atoms with Gasteiger partial charge in [-0.25, -0.2) is 0 Å². The Morgan fingerprint density at radius 3 is 2.33 bits per heavy atom. The van der Waals surface area contributed by atoms with Gasteiger partial charge < -0.3 is 19.2 Å². The summed E-state index contributed by atoms with van der Waals surface area (Å²) >= 11 is 5.92. The fourth-order valence-corrected chi connectivity index (χ4v) is 3.91. The number of amides is 1. The Morgan fingerprint density at radius 2 is 1.67 bits per heavy atom. The Morgan fingerprint density at radius 1 is 0.972 bits per heavy atom. The molecule has 0 aliphatic carbocycles. The number of hydrogen-bond acceptors (Lipinski definition) is 4. The number of hydrogen-bond donors (Lipinski definition) is 1. The first-order chi connectivity index (χ1) is 17.2. The molecule has 0 unspecified atom stereocenters. The van der Waals surface area contributed by atoms with Gasteiger partial charge in [0.25, 0.3) is 5.91 Å². The summed E-state index contributed by atoms with van der Waals surface area (Å²) in [7, 11) is 0. The molecule has 4 aromatic rings. The lowest BCUT2D eigenvalue weighted by Gasteiger charge is -2.26. The quantitative estimate of drug-likeness (QED) is 0.250. The van der Waals surface area contributed by atoms with E-state index in [1.54, 1.807) is 6.07 Å². The second kappa shape index (κ2) is 10.8. The summed E-state index contributed by atoms with van der Waals surface area (Å²) in [5, 5.41) is 2.54. The van der Waals surface area contributed by atoms with Crippen LogP contribution >= 0.6 is 11.6 Å². The molecule has 0 aliphatic heterocycles. The zero-order valence-electron chi connectivity index (χ0n) is 19.6. The first-order valence-corrected chi connectivity index (χ1v) is 11.5. The Balaban J connectivity index is 1.34. The highest BCUT2D eigenvalue weighted by Crippen LogP contribution is 2.32. The number of carbonyl (C=O) groups is 1. The average molecular weight is 512 g/mol. The molecule has 1 aromatic heterocycles. The highest BCUT2D eigenvalue weighted by atomic mass is 35.5. The number of ether oxygens (including phenoxy) is 2. The van der Waals surface area contributed by atoms with E-state index in [2.05, 4.69) is 36.0 Å². The van der Waals surface area contributed by atoms with Crippen molar-refractivity contribution in [3.63, 3.8) is 0 Å². The van der Waals surface area contributed by atoms with Gasteiger partial charge in [-0.15, -0.1) is 0 Å². The Labute approximate surface area is 212 Å². The lowest BCUT2D eigenvalue weighted by Crippen LogP contribution is -2.18. The molecule has 5 nitrogen and oxygen atoms in total. The lowest BCUT2D eigenvalue weighted by atomic mass is 9.78. The van der Waals surface area contributed by atoms with Gasteiger partial charge in [0.05, 0.1) is 5.02 Å². The zero-order chi connectivity index (χ0) is 25.7. The number of halogens is 3. The third kappa shape index (κ3) is 6.04. The lowest BCUT2D eigenvalue weighted by molar-refractivity contribution is -0.0497. The Kier molecular flexibility index (Phi) is 7.60. The van der Waals surface area contributed by atoms with Crippen LogP contribution < -0.4 is 14.8 Å². The third-order valence-corrected chi connectivity index (χ3v) is 6.04. The van der Waals surface area contributed by atoms with E-state index < -0.39 is 12.5 Å². The molecule has 0 spiro atoms. The fourth-order valence-electron chi connectivity index (χ4n) is 3.68. The normalized spacial score (nSPS) is 11.4. The zero-order valence-corrected chi connectivity index (χ0v) is 20.4. The van der Waals surface area contributed by atoms with E-state index in [9.17, 15) is 13.6 Å². The van der Waals surface area contributed by atoms with Crippen molar-refractivity contribution in [1.29, 1.82) is 0 Å². The molecule has 0 atom stereocenters. The highest BCUT2D eigenvalue weighted by Gasteiger charge is 2.22. The summed E-state index contributed by atoms with van der Waals surface area (Å²) in [6.07, 6.45) is 0. The molecule has 1 heterocycles. The molecule has 36 heavy (non-hydrogen) atoms. The molecular formula is C28H24ClF2NO4. The average Bonchev–Trinajstić information content (AvgIpc) is 3.34. The van der Waals surface area contributed by atoms with Gasteiger partial charge in [-0.1, -0.05) is 67.9 Å². The minimum atomic E-state index is -2.99. The van der Waals surface area contributed by atoms with Crippen LogP contribution in [0.15, 0.2) is 89.3 Å². The SMILES string of the molecule is CC(C)(c1ccccc1)c1ccc(OCc2ccc(C(=O)Nc3ccc(OC(F)F)c(Cl)c3)o2)cc1. The number of furan rings is 1. The van der Waals surface area contributed by atoms with Crippen LogP contribution in [0.3, 0.4) is 0 Å². The largest absolute Gasteiger partial charge is 0.486 e. The van der Waals surface area contributed by atoms with Gasteiger partial charge >= 0.3 is 6.61 Å². The van der Waals surface area contributed by atoms with E-state index in [-0.39, 0.29) is 28.6 Å². The van der Waals surface area contributed by atoms with E-state index in [0.29, 0.717) is 17.2 Å². The molecule has 0 saturated carbocycles. The monoisotopic (exact) mass is 511 g/mol. The number of rotatable bonds is 9. The van der Waals surface area contributed by atoms with Gasteiger partial charge in [0.1, 0.15) is 23.9 Å². The van der Waals surface area contributed by atoms with E-state index in [1.165, 1.54) is 29.8 Å². The van der Waals surface area contributed by atoms with Crippen molar-refractivity contribution in [2.45, 2.75) is 32.5 Å². The van der Waals surface area contributed by atoms with Crippen LogP contribution in [0.4, 0.5) is 14.5 Å². The summed E-state index contributed by atoms with van der Waals surface area (Å²) in [4.78, 5) is 12.5. The van der Waals surface area contributed by atoms with Gasteiger partial charge in [0.15, 0.2) is 5.76 Å². The number of alkyl halides is 2. The van der Waals surface area contributed by atoms with Gasteiger partial charge in [0, 0.05) is 11.1 Å². The first-order valence-electron chi connectivity index (χ1n) is 11.2. The van der Waals surface area contributed by atoms with Crippen LogP contribution in [0.5, 0.6) is 11.5 Å². The second-order valence-corrected chi connectivity index (χ2v) is 8.96. The van der Waals surface area contributed by atoms with Crippen LogP contribution in [0, 0.1) is 0 Å². The molecule has 0 fully saturated rings. The minimum Gasteiger partial charge on any atom is -0.486 e. The first kappa shape index (κ1) is 25.3. The van der Waals surface area contributed by atoms with Crippen molar-refractivity contribution >= 4 is 23.2 Å². The molecule has 0 saturated heterocycles. The summed E-state index contributed by atoms with van der Waals surface area (Å²) in [5.41, 5.74) is 2.54. The Bertz CT molecular complexity index is 1320. The predicted molar refractivity (Wildman–Crippen MR) is 134 cm³/mol. The topological polar surface area (TPSA) is 60.7 Å². The molecule has 4 rings (SSSR count). The summed E-state index contributed by atoms with van der Waals surface area (Å²) < 4.78 is 40.4. The van der Waals surface area contributed by atoms with Gasteiger partial charge in [-0.3, -0.25) is 4.79 Å². The molecule has 1 N–H and O–H groups in total. The van der Waals surface area contributed by atoms with Crippen LogP contribution in [0.2, 0.25) is 5.02 Å². The summed E-state index contributed by atoms with van der Waals surface area (Å²) in [5.74, 6) is 0.502. The standard InChI is InChI=1S/C28H24ClF2NO4/c1-28(2,18-6-4-3-5-7-18)19-8-11-21(12-9-19)34-17-22-13-15-25(35-22)26(33)32-20-10-14-24(23(29)16-20)36-27(30)31/h3-16,27H,17H2,1-2H3,(H,32,33). The van der Waals surface area contributed by atoms with Crippen molar-refractivity contribution in [3.05, 3.63) is 113 Å². The molecule has 0 aliphatic rings. The van der Waals surface area contributed by atoms with Gasteiger partial charge in [0.2, 0.25) is 0 Å².